The maximum Gasteiger partial charge on any atom is 0.270 e. The monoisotopic (exact) mass is 396 g/mol. The van der Waals surface area contributed by atoms with Crippen LogP contribution in [0.3, 0.4) is 0 Å². The number of nitrogens with zero attached hydrogens (tertiary/aromatic N) is 3. The Bertz CT molecular complexity index is 887. The summed E-state index contributed by atoms with van der Waals surface area (Å²) in [6.07, 6.45) is 7.30. The Morgan fingerprint density at radius 1 is 1.21 bits per heavy atom. The highest BCUT2D eigenvalue weighted by Crippen LogP contribution is 2.30. The van der Waals surface area contributed by atoms with Crippen LogP contribution >= 0.6 is 0 Å². The molecule has 29 heavy (non-hydrogen) atoms. The molecule has 8 nitrogen and oxygen atoms in total. The Balaban J connectivity index is 1.74. The lowest BCUT2D eigenvalue weighted by Crippen LogP contribution is -2.48. The molecule has 1 saturated heterocycles. The third-order valence-electron chi connectivity index (χ3n) is 5.16. The van der Waals surface area contributed by atoms with Crippen LogP contribution in [-0.4, -0.2) is 39.2 Å². The number of nitrogens with one attached hydrogen (secondary N) is 1. The molecular weight excluding hydrogens is 372 g/mol. The van der Waals surface area contributed by atoms with E-state index in [1.807, 2.05) is 17.0 Å². The van der Waals surface area contributed by atoms with E-state index in [0.29, 0.717) is 6.54 Å². The van der Waals surface area contributed by atoms with E-state index in [1.54, 1.807) is 19.3 Å². The van der Waals surface area contributed by atoms with E-state index in [1.165, 1.54) is 24.3 Å². The first-order valence-electron chi connectivity index (χ1n) is 9.73. The van der Waals surface area contributed by atoms with Crippen LogP contribution in [0.2, 0.25) is 0 Å². The van der Waals surface area contributed by atoms with Gasteiger partial charge in [-0.2, -0.15) is 0 Å². The molecule has 0 bridgehead atoms. The highest BCUT2D eigenvalue weighted by molar-refractivity contribution is 5.97. The third-order valence-corrected chi connectivity index (χ3v) is 5.16. The lowest BCUT2D eigenvalue weighted by molar-refractivity contribution is -0.384. The molecular formula is C21H24N4O4. The predicted octanol–water partition coefficient (Wildman–Crippen LogP) is 3.25. The van der Waals surface area contributed by atoms with E-state index in [0.717, 1.165) is 31.2 Å². The maximum absolute atomic E-state index is 13.2. The molecule has 0 aliphatic carbocycles. The molecule has 2 atom stereocenters. The third kappa shape index (κ3) is 4.96. The van der Waals surface area contributed by atoms with Crippen molar-refractivity contribution < 1.29 is 14.5 Å². The van der Waals surface area contributed by atoms with E-state index < -0.39 is 16.9 Å². The topological polar surface area (TPSA) is 105 Å². The van der Waals surface area contributed by atoms with Gasteiger partial charge in [0, 0.05) is 36.6 Å². The zero-order chi connectivity index (χ0) is 20.8. The number of hydrogen-bond donors (Lipinski definition) is 1. The van der Waals surface area contributed by atoms with Gasteiger partial charge < -0.3 is 10.2 Å². The van der Waals surface area contributed by atoms with Crippen molar-refractivity contribution in [2.45, 2.75) is 44.7 Å². The minimum Gasteiger partial charge on any atom is -0.341 e. The van der Waals surface area contributed by atoms with Crippen LogP contribution in [0.15, 0.2) is 48.8 Å². The van der Waals surface area contributed by atoms with Crippen LogP contribution in [-0.2, 0) is 4.79 Å². The number of rotatable bonds is 5. The van der Waals surface area contributed by atoms with E-state index >= 15 is 0 Å². The molecule has 8 heteroatoms. The molecule has 1 aliphatic heterocycles. The molecule has 3 rings (SSSR count). The summed E-state index contributed by atoms with van der Waals surface area (Å²) in [4.78, 5) is 41.9. The largest absolute Gasteiger partial charge is 0.341 e. The van der Waals surface area contributed by atoms with E-state index in [-0.39, 0.29) is 23.2 Å². The molecule has 1 fully saturated rings. The van der Waals surface area contributed by atoms with Gasteiger partial charge in [0.2, 0.25) is 5.91 Å². The van der Waals surface area contributed by atoms with Gasteiger partial charge in [-0.25, -0.2) is 0 Å². The summed E-state index contributed by atoms with van der Waals surface area (Å²) in [5.74, 6) is -0.669. The number of carbonyl (C=O) groups is 2. The number of non-ortho nitro benzene ring substituents is 1. The van der Waals surface area contributed by atoms with Crippen LogP contribution in [0.4, 0.5) is 5.69 Å². The minimum atomic E-state index is -0.746. The van der Waals surface area contributed by atoms with Crippen molar-refractivity contribution in [1.29, 1.82) is 0 Å². The van der Waals surface area contributed by atoms with Gasteiger partial charge in [0.15, 0.2) is 0 Å². The molecule has 1 aromatic heterocycles. The van der Waals surface area contributed by atoms with E-state index in [4.69, 9.17) is 0 Å². The quantitative estimate of drug-likeness (QED) is 0.617. The molecule has 1 N–H and O–H groups in total. The van der Waals surface area contributed by atoms with Gasteiger partial charge in [-0.3, -0.25) is 24.7 Å². The minimum absolute atomic E-state index is 0.0508. The number of amides is 2. The average Bonchev–Trinajstić information content (AvgIpc) is 3.00. The number of likely N-dealkylation sites (tertiary alicyclic amines) is 1. The van der Waals surface area contributed by atoms with Crippen molar-refractivity contribution in [3.05, 3.63) is 70.0 Å². The summed E-state index contributed by atoms with van der Waals surface area (Å²) in [6.45, 7) is 2.27. The lowest BCUT2D eigenvalue weighted by Gasteiger charge is -2.32. The summed E-state index contributed by atoms with van der Waals surface area (Å²) in [5, 5.41) is 13.6. The first-order chi connectivity index (χ1) is 14.0. The summed E-state index contributed by atoms with van der Waals surface area (Å²) >= 11 is 0. The number of carbonyl (C=O) groups excluding carboxylic acids is 2. The van der Waals surface area contributed by atoms with Crippen molar-refractivity contribution in [2.24, 2.45) is 0 Å². The van der Waals surface area contributed by atoms with Gasteiger partial charge in [0.1, 0.15) is 6.04 Å². The number of hydrogen-bond acceptors (Lipinski definition) is 5. The van der Waals surface area contributed by atoms with E-state index in [9.17, 15) is 19.7 Å². The number of aromatic nitrogens is 1. The van der Waals surface area contributed by atoms with Crippen LogP contribution in [0.5, 0.6) is 0 Å². The summed E-state index contributed by atoms with van der Waals surface area (Å²) in [5.41, 5.74) is 1.02. The molecule has 2 heterocycles. The zero-order valence-corrected chi connectivity index (χ0v) is 16.3. The molecule has 2 unspecified atom stereocenters. The SMILES string of the molecule is CC(NC(=O)c1cccc([N+](=O)[O-])c1)C(=O)N1CCCCCC1c1ccncc1. The standard InChI is InChI=1S/C21H24N4O4/c1-15(23-20(26)17-6-5-7-18(14-17)25(28)29)21(27)24-13-4-2-3-8-19(24)16-9-11-22-12-10-16/h5-7,9-12,14-15,19H,2-4,8,13H2,1H3,(H,23,26). The Kier molecular flexibility index (Phi) is 6.54. The molecule has 1 aliphatic rings. The fourth-order valence-corrected chi connectivity index (χ4v) is 3.66. The van der Waals surface area contributed by atoms with Gasteiger partial charge in [0.05, 0.1) is 11.0 Å². The number of pyridine rings is 1. The number of nitro groups is 1. The maximum atomic E-state index is 13.2. The van der Waals surface area contributed by atoms with Crippen molar-refractivity contribution >= 4 is 17.5 Å². The van der Waals surface area contributed by atoms with Crippen molar-refractivity contribution in [3.63, 3.8) is 0 Å². The molecule has 0 spiro atoms. The van der Waals surface area contributed by atoms with Crippen LogP contribution in [0, 0.1) is 10.1 Å². The Morgan fingerprint density at radius 3 is 2.69 bits per heavy atom. The smallest absolute Gasteiger partial charge is 0.270 e. The Labute approximate surface area is 169 Å². The second-order valence-electron chi connectivity index (χ2n) is 7.18. The second kappa shape index (κ2) is 9.27. The molecule has 1 aromatic carbocycles. The summed E-state index contributed by atoms with van der Waals surface area (Å²) in [7, 11) is 0. The first kappa shape index (κ1) is 20.4. The Hall–Kier alpha value is -3.29. The second-order valence-corrected chi connectivity index (χ2v) is 7.18. The molecule has 152 valence electrons. The van der Waals surface area contributed by atoms with Crippen molar-refractivity contribution in [1.82, 2.24) is 15.2 Å². The molecule has 2 aromatic rings. The fourth-order valence-electron chi connectivity index (χ4n) is 3.66. The van der Waals surface area contributed by atoms with Crippen molar-refractivity contribution in [3.8, 4) is 0 Å². The first-order valence-corrected chi connectivity index (χ1v) is 9.73. The van der Waals surface area contributed by atoms with Gasteiger partial charge in [-0.15, -0.1) is 0 Å². The van der Waals surface area contributed by atoms with Crippen LogP contribution < -0.4 is 5.32 Å². The van der Waals surface area contributed by atoms with Crippen LogP contribution in [0.1, 0.15) is 54.6 Å². The molecule has 0 radical (unpaired) electrons. The Morgan fingerprint density at radius 2 is 1.97 bits per heavy atom. The fraction of sp³-hybridized carbons (Fsp3) is 0.381. The van der Waals surface area contributed by atoms with Gasteiger partial charge in [-0.05, 0) is 43.5 Å². The summed E-state index contributed by atoms with van der Waals surface area (Å²) < 4.78 is 0. The number of benzene rings is 1. The van der Waals surface area contributed by atoms with Gasteiger partial charge >= 0.3 is 0 Å². The lowest BCUT2D eigenvalue weighted by atomic mass is 10.0. The van der Waals surface area contributed by atoms with Gasteiger partial charge in [0.25, 0.3) is 11.6 Å². The zero-order valence-electron chi connectivity index (χ0n) is 16.3. The highest BCUT2D eigenvalue weighted by atomic mass is 16.6. The van der Waals surface area contributed by atoms with Gasteiger partial charge in [-0.1, -0.05) is 18.9 Å². The number of nitro benzene ring substituents is 1. The van der Waals surface area contributed by atoms with E-state index in [2.05, 4.69) is 10.3 Å². The molecule has 2 amide bonds. The average molecular weight is 396 g/mol. The van der Waals surface area contributed by atoms with Crippen molar-refractivity contribution in [2.75, 3.05) is 6.54 Å². The highest BCUT2D eigenvalue weighted by Gasteiger charge is 2.30. The normalized spacial score (nSPS) is 17.8. The summed E-state index contributed by atoms with van der Waals surface area (Å²) in [6, 6.07) is 8.51. The van der Waals surface area contributed by atoms with Crippen LogP contribution in [0.25, 0.3) is 0 Å². The molecule has 0 saturated carbocycles. The predicted molar refractivity (Wildman–Crippen MR) is 107 cm³/mol.